The molecule has 0 radical (unpaired) electrons. The summed E-state index contributed by atoms with van der Waals surface area (Å²) in [5.41, 5.74) is 1.14. The molecule has 1 aliphatic rings. The van der Waals surface area contributed by atoms with Crippen molar-refractivity contribution < 1.29 is 9.84 Å². The lowest BCUT2D eigenvalue weighted by atomic mass is 10.2. The molecule has 1 aromatic carbocycles. The van der Waals surface area contributed by atoms with E-state index in [1.54, 1.807) is 0 Å². The van der Waals surface area contributed by atoms with Gasteiger partial charge in [-0.1, -0.05) is 30.3 Å². The summed E-state index contributed by atoms with van der Waals surface area (Å²) in [7, 11) is 0. The van der Waals surface area contributed by atoms with Gasteiger partial charge < -0.3 is 15.2 Å². The summed E-state index contributed by atoms with van der Waals surface area (Å²) < 4.78 is 5.57. The minimum absolute atomic E-state index is 0.394. The molecule has 4 nitrogen and oxygen atoms in total. The minimum Gasteiger partial charge on any atom is -0.389 e. The van der Waals surface area contributed by atoms with Gasteiger partial charge in [-0.3, -0.25) is 4.90 Å². The predicted octanol–water partition coefficient (Wildman–Crippen LogP) is 0.858. The molecule has 2 N–H and O–H groups in total. The summed E-state index contributed by atoms with van der Waals surface area (Å²) in [6.07, 6.45) is -0.413. The number of nitrogens with zero attached hydrogens (tertiary/aromatic N) is 1. The van der Waals surface area contributed by atoms with Gasteiger partial charge >= 0.3 is 0 Å². The number of hydrogen-bond acceptors (Lipinski definition) is 4. The third-order valence-electron chi connectivity index (χ3n) is 3.51. The van der Waals surface area contributed by atoms with E-state index in [4.69, 9.17) is 4.74 Å². The molecule has 4 heteroatoms. The van der Waals surface area contributed by atoms with E-state index in [9.17, 15) is 5.11 Å². The second kappa shape index (κ2) is 7.60. The Labute approximate surface area is 115 Å². The zero-order chi connectivity index (χ0) is 13.5. The van der Waals surface area contributed by atoms with Crippen LogP contribution in [-0.2, 0) is 11.3 Å². The number of benzene rings is 1. The summed E-state index contributed by atoms with van der Waals surface area (Å²) in [6.45, 7) is 6.83. The van der Waals surface area contributed by atoms with Crippen molar-refractivity contribution in [1.82, 2.24) is 10.2 Å². The third kappa shape index (κ3) is 4.91. The summed E-state index contributed by atoms with van der Waals surface area (Å²) in [5.74, 6) is 0. The van der Waals surface area contributed by atoms with Crippen molar-refractivity contribution in [2.24, 2.45) is 0 Å². The van der Waals surface area contributed by atoms with Crippen molar-refractivity contribution in [2.75, 3.05) is 32.8 Å². The molecule has 1 aliphatic heterocycles. The van der Waals surface area contributed by atoms with Gasteiger partial charge in [0.05, 0.1) is 19.3 Å². The molecule has 0 saturated carbocycles. The Bertz CT molecular complexity index is 358. The van der Waals surface area contributed by atoms with Gasteiger partial charge in [0, 0.05) is 32.2 Å². The van der Waals surface area contributed by atoms with Gasteiger partial charge in [0.25, 0.3) is 0 Å². The quantitative estimate of drug-likeness (QED) is 0.800. The zero-order valence-electron chi connectivity index (χ0n) is 11.6. The fraction of sp³-hybridized carbons (Fsp3) is 0.600. The zero-order valence-corrected chi connectivity index (χ0v) is 11.6. The number of piperazine rings is 1. The van der Waals surface area contributed by atoms with E-state index >= 15 is 0 Å². The number of aliphatic hydroxyl groups excluding tert-OH is 1. The molecule has 1 aromatic rings. The lowest BCUT2D eigenvalue weighted by molar-refractivity contribution is 0.000522. The maximum absolute atomic E-state index is 10.0. The molecular formula is C15H24N2O2. The highest BCUT2D eigenvalue weighted by Crippen LogP contribution is 2.05. The molecular weight excluding hydrogens is 240 g/mol. The van der Waals surface area contributed by atoms with Crippen LogP contribution >= 0.6 is 0 Å². The molecule has 1 unspecified atom stereocenters. The third-order valence-corrected chi connectivity index (χ3v) is 3.51. The molecule has 1 saturated heterocycles. The van der Waals surface area contributed by atoms with Crippen molar-refractivity contribution in [3.05, 3.63) is 35.9 Å². The van der Waals surface area contributed by atoms with E-state index in [1.165, 1.54) is 0 Å². The van der Waals surface area contributed by atoms with Crippen molar-refractivity contribution in [3.8, 4) is 0 Å². The summed E-state index contributed by atoms with van der Waals surface area (Å²) in [5, 5.41) is 13.4. The largest absolute Gasteiger partial charge is 0.389 e. The number of aliphatic hydroxyl groups is 1. The summed E-state index contributed by atoms with van der Waals surface area (Å²) >= 11 is 0. The molecule has 1 fully saturated rings. The van der Waals surface area contributed by atoms with E-state index in [0.29, 0.717) is 25.8 Å². The van der Waals surface area contributed by atoms with E-state index in [1.807, 2.05) is 30.3 Å². The number of β-amino-alcohol motifs (C(OH)–C–C–N with tert-alkyl or cyclic N) is 1. The Balaban J connectivity index is 1.65. The summed E-state index contributed by atoms with van der Waals surface area (Å²) in [4.78, 5) is 2.31. The van der Waals surface area contributed by atoms with E-state index < -0.39 is 6.10 Å². The minimum atomic E-state index is -0.413. The number of hydrogen-bond donors (Lipinski definition) is 2. The van der Waals surface area contributed by atoms with Crippen LogP contribution in [0.1, 0.15) is 12.5 Å². The maximum Gasteiger partial charge on any atom is 0.0900 e. The van der Waals surface area contributed by atoms with Crippen molar-refractivity contribution in [3.63, 3.8) is 0 Å². The van der Waals surface area contributed by atoms with Gasteiger partial charge in [-0.25, -0.2) is 0 Å². The maximum atomic E-state index is 10.0. The number of rotatable bonds is 6. The lowest BCUT2D eigenvalue weighted by Gasteiger charge is -2.35. The molecule has 0 aliphatic carbocycles. The highest BCUT2D eigenvalue weighted by atomic mass is 16.5. The van der Waals surface area contributed by atoms with Crippen LogP contribution in [0.15, 0.2) is 30.3 Å². The van der Waals surface area contributed by atoms with Crippen LogP contribution in [0.2, 0.25) is 0 Å². The Kier molecular flexibility index (Phi) is 5.79. The summed E-state index contributed by atoms with van der Waals surface area (Å²) in [6, 6.07) is 10.5. The molecule has 1 heterocycles. The molecule has 0 spiro atoms. The normalized spacial score (nSPS) is 22.3. The first kappa shape index (κ1) is 14.5. The fourth-order valence-corrected chi connectivity index (χ4v) is 2.36. The number of ether oxygens (including phenoxy) is 1. The Morgan fingerprint density at radius 2 is 2.21 bits per heavy atom. The van der Waals surface area contributed by atoms with Crippen LogP contribution in [0, 0.1) is 0 Å². The standard InChI is InChI=1S/C15H24N2O2/c1-13-9-16-7-8-17(13)10-15(18)12-19-11-14-5-3-2-4-6-14/h2-6,13,15-16,18H,7-12H2,1H3/t13-,15?/m0/s1. The first-order chi connectivity index (χ1) is 9.25. The van der Waals surface area contributed by atoms with E-state index in [-0.39, 0.29) is 0 Å². The van der Waals surface area contributed by atoms with E-state index in [2.05, 4.69) is 17.1 Å². The van der Waals surface area contributed by atoms with Gasteiger partial charge in [-0.2, -0.15) is 0 Å². The smallest absolute Gasteiger partial charge is 0.0900 e. The molecule has 0 aromatic heterocycles. The van der Waals surface area contributed by atoms with Crippen LogP contribution in [0.25, 0.3) is 0 Å². The average Bonchev–Trinajstić information content (AvgIpc) is 2.43. The molecule has 2 rings (SSSR count). The molecule has 106 valence electrons. The highest BCUT2D eigenvalue weighted by Gasteiger charge is 2.20. The Hall–Kier alpha value is -0.940. The monoisotopic (exact) mass is 264 g/mol. The second-order valence-corrected chi connectivity index (χ2v) is 5.20. The SMILES string of the molecule is C[C@H]1CNCCN1CC(O)COCc1ccccc1. The molecule has 19 heavy (non-hydrogen) atoms. The Morgan fingerprint density at radius 1 is 1.42 bits per heavy atom. The van der Waals surface area contributed by atoms with E-state index in [0.717, 1.165) is 25.2 Å². The van der Waals surface area contributed by atoms with Crippen molar-refractivity contribution >= 4 is 0 Å². The first-order valence-electron chi connectivity index (χ1n) is 7.00. The first-order valence-corrected chi connectivity index (χ1v) is 7.00. The molecule has 2 atom stereocenters. The van der Waals surface area contributed by atoms with Crippen molar-refractivity contribution in [1.29, 1.82) is 0 Å². The Morgan fingerprint density at radius 3 is 2.95 bits per heavy atom. The highest BCUT2D eigenvalue weighted by molar-refractivity contribution is 5.13. The second-order valence-electron chi connectivity index (χ2n) is 5.20. The predicted molar refractivity (Wildman–Crippen MR) is 76.0 cm³/mol. The van der Waals surface area contributed by atoms with Crippen LogP contribution in [0.3, 0.4) is 0 Å². The molecule has 0 amide bonds. The van der Waals surface area contributed by atoms with Crippen molar-refractivity contribution in [2.45, 2.75) is 25.7 Å². The topological polar surface area (TPSA) is 44.7 Å². The van der Waals surface area contributed by atoms with Gasteiger partial charge in [-0.15, -0.1) is 0 Å². The molecule has 0 bridgehead atoms. The van der Waals surface area contributed by atoms with Gasteiger partial charge in [0.15, 0.2) is 0 Å². The van der Waals surface area contributed by atoms with Crippen LogP contribution < -0.4 is 5.32 Å². The van der Waals surface area contributed by atoms with Crippen LogP contribution in [0.5, 0.6) is 0 Å². The fourth-order valence-electron chi connectivity index (χ4n) is 2.36. The lowest BCUT2D eigenvalue weighted by Crippen LogP contribution is -2.52. The van der Waals surface area contributed by atoms with Crippen LogP contribution in [-0.4, -0.2) is 54.9 Å². The van der Waals surface area contributed by atoms with Gasteiger partial charge in [0.2, 0.25) is 0 Å². The average molecular weight is 264 g/mol. The van der Waals surface area contributed by atoms with Crippen LogP contribution in [0.4, 0.5) is 0 Å². The van der Waals surface area contributed by atoms with Gasteiger partial charge in [0.1, 0.15) is 0 Å². The number of nitrogens with one attached hydrogen (secondary N) is 1. The van der Waals surface area contributed by atoms with Gasteiger partial charge in [-0.05, 0) is 12.5 Å².